The first kappa shape index (κ1) is 22.8. The van der Waals surface area contributed by atoms with E-state index >= 15 is 0 Å². The highest BCUT2D eigenvalue weighted by molar-refractivity contribution is 5.89. The number of hydrogen-bond donors (Lipinski definition) is 0. The second-order valence-corrected chi connectivity index (χ2v) is 7.70. The lowest BCUT2D eigenvalue weighted by Gasteiger charge is -2.11. The molecule has 0 aliphatic heterocycles. The Morgan fingerprint density at radius 2 is 1.66 bits per heavy atom. The molecule has 0 aromatic heterocycles. The van der Waals surface area contributed by atoms with Crippen LogP contribution >= 0.6 is 0 Å². The van der Waals surface area contributed by atoms with Gasteiger partial charge in [-0.1, -0.05) is 76.0 Å². The van der Waals surface area contributed by atoms with Crippen LogP contribution in [-0.4, -0.2) is 12.6 Å². The van der Waals surface area contributed by atoms with Crippen molar-refractivity contribution in [1.29, 1.82) is 0 Å². The van der Waals surface area contributed by atoms with E-state index in [-0.39, 0.29) is 5.97 Å². The predicted octanol–water partition coefficient (Wildman–Crippen LogP) is 6.80. The van der Waals surface area contributed by atoms with E-state index in [2.05, 4.69) is 43.9 Å². The van der Waals surface area contributed by atoms with E-state index in [1.807, 2.05) is 25.1 Å². The molecule has 0 spiro atoms. The van der Waals surface area contributed by atoms with Crippen molar-refractivity contribution in [3.8, 4) is 11.8 Å². The molecule has 1 unspecified atom stereocenters. The highest BCUT2D eigenvalue weighted by Gasteiger charge is 2.06. The van der Waals surface area contributed by atoms with Gasteiger partial charge in [0.2, 0.25) is 0 Å². The summed E-state index contributed by atoms with van der Waals surface area (Å²) >= 11 is 0. The lowest BCUT2D eigenvalue weighted by molar-refractivity contribution is 0.0526. The highest BCUT2D eigenvalue weighted by atomic mass is 16.5. The third kappa shape index (κ3) is 8.16. The molecule has 0 saturated heterocycles. The average Bonchev–Trinajstić information content (AvgIpc) is 2.74. The Labute approximate surface area is 176 Å². The van der Waals surface area contributed by atoms with Gasteiger partial charge in [0.25, 0.3) is 0 Å². The lowest BCUT2D eigenvalue weighted by Crippen LogP contribution is -2.04. The highest BCUT2D eigenvalue weighted by Crippen LogP contribution is 2.18. The van der Waals surface area contributed by atoms with Gasteiger partial charge in [-0.05, 0) is 61.6 Å². The summed E-state index contributed by atoms with van der Waals surface area (Å²) < 4.78 is 5.02. The molecule has 0 fully saturated rings. The van der Waals surface area contributed by atoms with Crippen LogP contribution in [0.5, 0.6) is 0 Å². The number of esters is 1. The van der Waals surface area contributed by atoms with E-state index < -0.39 is 0 Å². The molecule has 2 heteroatoms. The third-order valence-electron chi connectivity index (χ3n) is 5.20. The minimum atomic E-state index is -0.290. The van der Waals surface area contributed by atoms with E-state index in [9.17, 15) is 4.79 Å². The summed E-state index contributed by atoms with van der Waals surface area (Å²) in [6.45, 7) is 6.83. The van der Waals surface area contributed by atoms with E-state index in [1.165, 1.54) is 44.1 Å². The Kier molecular flexibility index (Phi) is 10.1. The van der Waals surface area contributed by atoms with Crippen LogP contribution in [0.25, 0.3) is 0 Å². The summed E-state index contributed by atoms with van der Waals surface area (Å²) in [5.74, 6) is 7.06. The number of hydrogen-bond acceptors (Lipinski definition) is 2. The normalized spacial score (nSPS) is 11.4. The maximum Gasteiger partial charge on any atom is 0.338 e. The number of ether oxygens (including phenoxy) is 1. The Morgan fingerprint density at radius 3 is 2.38 bits per heavy atom. The van der Waals surface area contributed by atoms with Crippen molar-refractivity contribution in [3.05, 3.63) is 70.8 Å². The van der Waals surface area contributed by atoms with Crippen LogP contribution in [0.2, 0.25) is 0 Å². The van der Waals surface area contributed by atoms with Crippen LogP contribution in [0.15, 0.2) is 48.5 Å². The number of benzene rings is 2. The average molecular weight is 391 g/mol. The quantitative estimate of drug-likeness (QED) is 0.253. The van der Waals surface area contributed by atoms with Crippen molar-refractivity contribution in [1.82, 2.24) is 0 Å². The van der Waals surface area contributed by atoms with Crippen LogP contribution < -0.4 is 0 Å². The summed E-state index contributed by atoms with van der Waals surface area (Å²) in [7, 11) is 0. The van der Waals surface area contributed by atoms with Gasteiger partial charge in [0.05, 0.1) is 12.2 Å². The second kappa shape index (κ2) is 12.8. The van der Waals surface area contributed by atoms with Crippen LogP contribution in [0, 0.1) is 17.8 Å². The van der Waals surface area contributed by atoms with Gasteiger partial charge in [0.1, 0.15) is 0 Å². The second-order valence-electron chi connectivity index (χ2n) is 7.70. The molecule has 0 aliphatic rings. The van der Waals surface area contributed by atoms with Crippen LogP contribution in [0.3, 0.4) is 0 Å². The van der Waals surface area contributed by atoms with Gasteiger partial charge < -0.3 is 4.74 Å². The van der Waals surface area contributed by atoms with Crippen molar-refractivity contribution in [3.63, 3.8) is 0 Å². The minimum Gasteiger partial charge on any atom is -0.462 e. The van der Waals surface area contributed by atoms with Gasteiger partial charge >= 0.3 is 5.97 Å². The molecule has 2 nitrogen and oxygen atoms in total. The Hall–Kier alpha value is -2.53. The van der Waals surface area contributed by atoms with Gasteiger partial charge in [-0.3, -0.25) is 0 Å². The largest absolute Gasteiger partial charge is 0.462 e. The van der Waals surface area contributed by atoms with E-state index in [1.54, 1.807) is 12.1 Å². The fraction of sp³-hybridized carbons (Fsp3) is 0.444. The molecular weight excluding hydrogens is 356 g/mol. The Morgan fingerprint density at radius 1 is 0.931 bits per heavy atom. The number of aryl methyl sites for hydroxylation is 1. The summed E-state index contributed by atoms with van der Waals surface area (Å²) in [6.07, 6.45) is 8.91. The molecule has 0 aliphatic carbocycles. The fourth-order valence-corrected chi connectivity index (χ4v) is 3.43. The molecular formula is C27H34O2. The van der Waals surface area contributed by atoms with Crippen LogP contribution in [0.1, 0.15) is 86.3 Å². The smallest absolute Gasteiger partial charge is 0.338 e. The lowest BCUT2D eigenvalue weighted by atomic mass is 9.94. The van der Waals surface area contributed by atoms with E-state index in [0.717, 1.165) is 23.5 Å². The number of carbonyl (C=O) groups excluding carboxylic acids is 1. The van der Waals surface area contributed by atoms with Gasteiger partial charge in [-0.15, -0.1) is 0 Å². The third-order valence-corrected chi connectivity index (χ3v) is 5.20. The fourth-order valence-electron chi connectivity index (χ4n) is 3.43. The molecule has 1 atom stereocenters. The molecule has 0 heterocycles. The first-order chi connectivity index (χ1) is 14.1. The standard InChI is InChI=1S/C27H34O2/c1-4-6-7-11-22(3)12-10-15-24-13-8-9-14-25(24)19-16-23-17-20-26(21-18-23)27(28)29-5-2/h8-9,13-14,17-18,20-22H,4-7,10-12,15H2,1-3H3. The minimum absolute atomic E-state index is 0.290. The zero-order chi connectivity index (χ0) is 20.9. The van der Waals surface area contributed by atoms with Gasteiger partial charge in [0, 0.05) is 11.1 Å². The summed E-state index contributed by atoms with van der Waals surface area (Å²) in [6, 6.07) is 15.7. The van der Waals surface area contributed by atoms with E-state index in [4.69, 9.17) is 4.74 Å². The van der Waals surface area contributed by atoms with Crippen molar-refractivity contribution in [2.75, 3.05) is 6.61 Å². The summed E-state index contributed by atoms with van der Waals surface area (Å²) in [4.78, 5) is 11.7. The van der Waals surface area contributed by atoms with Crippen LogP contribution in [0.4, 0.5) is 0 Å². The molecule has 154 valence electrons. The van der Waals surface area contributed by atoms with Gasteiger partial charge in [0.15, 0.2) is 0 Å². The van der Waals surface area contributed by atoms with E-state index in [0.29, 0.717) is 12.2 Å². The summed E-state index contributed by atoms with van der Waals surface area (Å²) in [5, 5.41) is 0. The first-order valence-electron chi connectivity index (χ1n) is 11.0. The van der Waals surface area contributed by atoms with Crippen LogP contribution in [-0.2, 0) is 11.2 Å². The Balaban J connectivity index is 1.95. The molecule has 0 saturated carbocycles. The monoisotopic (exact) mass is 390 g/mol. The van der Waals surface area contributed by atoms with Crippen molar-refractivity contribution in [2.45, 2.75) is 65.7 Å². The zero-order valence-electron chi connectivity index (χ0n) is 18.2. The number of carbonyl (C=O) groups is 1. The molecule has 0 amide bonds. The zero-order valence-corrected chi connectivity index (χ0v) is 18.2. The topological polar surface area (TPSA) is 26.3 Å². The molecule has 2 aromatic rings. The Bertz CT molecular complexity index is 808. The van der Waals surface area contributed by atoms with Crippen molar-refractivity contribution < 1.29 is 9.53 Å². The maximum absolute atomic E-state index is 11.7. The molecule has 0 bridgehead atoms. The molecule has 29 heavy (non-hydrogen) atoms. The summed E-state index contributed by atoms with van der Waals surface area (Å²) in [5.41, 5.74) is 3.88. The van der Waals surface area contributed by atoms with Gasteiger partial charge in [-0.25, -0.2) is 4.79 Å². The number of unbranched alkanes of at least 4 members (excludes halogenated alkanes) is 2. The molecule has 2 rings (SSSR count). The maximum atomic E-state index is 11.7. The molecule has 2 aromatic carbocycles. The molecule has 0 radical (unpaired) electrons. The molecule has 0 N–H and O–H groups in total. The SMILES string of the molecule is CCCCCC(C)CCCc1ccccc1C#Cc1ccc(C(=O)OCC)cc1. The van der Waals surface area contributed by atoms with Crippen molar-refractivity contribution >= 4 is 5.97 Å². The van der Waals surface area contributed by atoms with Gasteiger partial charge in [-0.2, -0.15) is 0 Å². The first-order valence-corrected chi connectivity index (χ1v) is 11.0. The predicted molar refractivity (Wildman–Crippen MR) is 121 cm³/mol. The van der Waals surface area contributed by atoms with Crippen molar-refractivity contribution in [2.24, 2.45) is 5.92 Å². The number of rotatable bonds is 10.